The van der Waals surface area contributed by atoms with Crippen molar-refractivity contribution in [3.05, 3.63) is 52.4 Å². The molecule has 2 saturated heterocycles. The van der Waals surface area contributed by atoms with E-state index in [4.69, 9.17) is 20.9 Å². The van der Waals surface area contributed by atoms with Crippen molar-refractivity contribution in [2.45, 2.75) is 65.5 Å². The molecule has 1 aromatic carbocycles. The fraction of sp³-hybridized carbons (Fsp3) is 0.593. The standard InChI is InChI=1S/C27H36ClN3O4/c1-4-6-22-13-24(35-29-22)25(32)30-12-5-11-27(18-30)14-23(34-17-19(2)3)16-31(26(27)33)15-20-7-9-21(28)10-8-20/h7-10,13,19,23H,4-6,11-12,14-18H2,1-3H3/t23-,27+/m0/s1. The van der Waals surface area contributed by atoms with Crippen molar-refractivity contribution in [1.29, 1.82) is 0 Å². The zero-order valence-corrected chi connectivity index (χ0v) is 21.7. The second-order valence-electron chi connectivity index (χ2n) is 10.4. The smallest absolute Gasteiger partial charge is 0.292 e. The first-order valence-electron chi connectivity index (χ1n) is 12.7. The molecule has 8 heteroatoms. The van der Waals surface area contributed by atoms with Crippen molar-refractivity contribution in [3.63, 3.8) is 0 Å². The van der Waals surface area contributed by atoms with E-state index in [0.29, 0.717) is 50.1 Å². The van der Waals surface area contributed by atoms with Crippen molar-refractivity contribution >= 4 is 23.4 Å². The van der Waals surface area contributed by atoms with E-state index >= 15 is 0 Å². The van der Waals surface area contributed by atoms with Crippen LogP contribution in [0.5, 0.6) is 0 Å². The van der Waals surface area contributed by atoms with E-state index in [2.05, 4.69) is 25.9 Å². The van der Waals surface area contributed by atoms with Gasteiger partial charge in [0.2, 0.25) is 11.7 Å². The van der Waals surface area contributed by atoms with Crippen LogP contribution in [0.25, 0.3) is 0 Å². The number of carbonyl (C=O) groups excluding carboxylic acids is 2. The van der Waals surface area contributed by atoms with Gasteiger partial charge >= 0.3 is 0 Å². The van der Waals surface area contributed by atoms with Crippen LogP contribution in [-0.4, -0.2) is 59.1 Å². The summed E-state index contributed by atoms with van der Waals surface area (Å²) in [5, 5.41) is 4.70. The first kappa shape index (κ1) is 25.7. The molecule has 1 aromatic heterocycles. The molecular weight excluding hydrogens is 466 g/mol. The summed E-state index contributed by atoms with van der Waals surface area (Å²) in [7, 11) is 0. The van der Waals surface area contributed by atoms with Crippen LogP contribution in [0.15, 0.2) is 34.9 Å². The molecule has 0 bridgehead atoms. The highest BCUT2D eigenvalue weighted by Crippen LogP contribution is 2.41. The van der Waals surface area contributed by atoms with Crippen LogP contribution in [0.1, 0.15) is 68.3 Å². The van der Waals surface area contributed by atoms with Crippen LogP contribution >= 0.6 is 11.6 Å². The number of likely N-dealkylation sites (tertiary alicyclic amines) is 2. The summed E-state index contributed by atoms with van der Waals surface area (Å²) >= 11 is 6.06. The van der Waals surface area contributed by atoms with Gasteiger partial charge in [0.25, 0.3) is 5.91 Å². The Morgan fingerprint density at radius 3 is 2.80 bits per heavy atom. The van der Waals surface area contributed by atoms with Crippen molar-refractivity contribution in [2.24, 2.45) is 11.3 Å². The lowest BCUT2D eigenvalue weighted by atomic mass is 9.72. The molecule has 1 spiro atoms. The molecule has 0 N–H and O–H groups in total. The maximum Gasteiger partial charge on any atom is 0.292 e. The van der Waals surface area contributed by atoms with Gasteiger partial charge in [-0.1, -0.05) is 56.1 Å². The van der Waals surface area contributed by atoms with Gasteiger partial charge in [-0.2, -0.15) is 0 Å². The van der Waals surface area contributed by atoms with E-state index in [-0.39, 0.29) is 23.7 Å². The molecule has 4 rings (SSSR count). The molecule has 2 atom stereocenters. The van der Waals surface area contributed by atoms with Gasteiger partial charge in [0.05, 0.1) is 17.2 Å². The molecule has 3 heterocycles. The first-order valence-corrected chi connectivity index (χ1v) is 13.1. The molecule has 2 fully saturated rings. The van der Waals surface area contributed by atoms with Gasteiger partial charge in [-0.05, 0) is 49.3 Å². The van der Waals surface area contributed by atoms with Crippen molar-refractivity contribution in [1.82, 2.24) is 15.0 Å². The molecule has 0 saturated carbocycles. The molecule has 0 unspecified atom stereocenters. The molecule has 2 amide bonds. The number of nitrogens with zero attached hydrogens (tertiary/aromatic N) is 3. The zero-order valence-electron chi connectivity index (χ0n) is 21.0. The van der Waals surface area contributed by atoms with Crippen LogP contribution in [0, 0.1) is 11.3 Å². The summed E-state index contributed by atoms with van der Waals surface area (Å²) in [6, 6.07) is 9.33. The molecule has 2 aliphatic heterocycles. The van der Waals surface area contributed by atoms with Gasteiger partial charge < -0.3 is 19.1 Å². The number of hydrogen-bond donors (Lipinski definition) is 0. The molecule has 35 heavy (non-hydrogen) atoms. The number of piperidine rings is 2. The van der Waals surface area contributed by atoms with Gasteiger partial charge in [0.15, 0.2) is 0 Å². The quantitative estimate of drug-likeness (QED) is 0.510. The molecule has 2 aromatic rings. The van der Waals surface area contributed by atoms with Crippen LogP contribution in [-0.2, 0) is 22.5 Å². The van der Waals surface area contributed by atoms with Gasteiger partial charge in [0.1, 0.15) is 0 Å². The Labute approximate surface area is 212 Å². The number of aromatic nitrogens is 1. The summed E-state index contributed by atoms with van der Waals surface area (Å²) in [6.45, 7) is 8.97. The Kier molecular flexibility index (Phi) is 8.17. The van der Waals surface area contributed by atoms with Gasteiger partial charge in [0, 0.05) is 43.9 Å². The van der Waals surface area contributed by atoms with E-state index < -0.39 is 5.41 Å². The van der Waals surface area contributed by atoms with Crippen molar-refractivity contribution < 1.29 is 18.8 Å². The summed E-state index contributed by atoms with van der Waals surface area (Å²) in [4.78, 5) is 30.9. The third-order valence-electron chi connectivity index (χ3n) is 6.88. The fourth-order valence-electron chi connectivity index (χ4n) is 5.23. The number of hydrogen-bond acceptors (Lipinski definition) is 5. The summed E-state index contributed by atoms with van der Waals surface area (Å²) in [5.74, 6) is 0.556. The highest BCUT2D eigenvalue weighted by atomic mass is 35.5. The van der Waals surface area contributed by atoms with Gasteiger partial charge in [-0.25, -0.2) is 0 Å². The number of ether oxygens (including phenoxy) is 1. The van der Waals surface area contributed by atoms with Crippen LogP contribution < -0.4 is 0 Å². The van der Waals surface area contributed by atoms with Crippen LogP contribution in [0.3, 0.4) is 0 Å². The lowest BCUT2D eigenvalue weighted by Gasteiger charge is -2.49. The molecular formula is C27H36ClN3O4. The van der Waals surface area contributed by atoms with E-state index in [9.17, 15) is 9.59 Å². The van der Waals surface area contributed by atoms with E-state index in [0.717, 1.165) is 36.9 Å². The third-order valence-corrected chi connectivity index (χ3v) is 7.13. The number of aryl methyl sites for hydroxylation is 1. The Balaban J connectivity index is 1.55. The number of amides is 2. The molecule has 0 radical (unpaired) electrons. The molecule has 190 valence electrons. The number of carbonyl (C=O) groups is 2. The topological polar surface area (TPSA) is 75.9 Å². The normalized spacial score (nSPS) is 22.9. The average molecular weight is 502 g/mol. The van der Waals surface area contributed by atoms with Crippen molar-refractivity contribution in [3.8, 4) is 0 Å². The number of halogens is 1. The highest BCUT2D eigenvalue weighted by molar-refractivity contribution is 6.30. The highest BCUT2D eigenvalue weighted by Gasteiger charge is 2.50. The minimum Gasteiger partial charge on any atom is -0.376 e. The SMILES string of the molecule is CCCc1cc(C(=O)N2CCC[C@@]3(C[C@H](OCC(C)C)CN(Cc4ccc(Cl)cc4)C3=O)C2)on1. The monoisotopic (exact) mass is 501 g/mol. The predicted octanol–water partition coefficient (Wildman–Crippen LogP) is 4.98. The Hall–Kier alpha value is -2.38. The lowest BCUT2D eigenvalue weighted by molar-refractivity contribution is -0.160. The maximum absolute atomic E-state index is 13.9. The Morgan fingerprint density at radius 2 is 2.09 bits per heavy atom. The Morgan fingerprint density at radius 1 is 1.31 bits per heavy atom. The van der Waals surface area contributed by atoms with Crippen LogP contribution in [0.2, 0.25) is 5.02 Å². The van der Waals surface area contributed by atoms with Crippen molar-refractivity contribution in [2.75, 3.05) is 26.2 Å². The molecule has 0 aliphatic carbocycles. The molecule has 2 aliphatic rings. The van der Waals surface area contributed by atoms with Crippen LogP contribution in [0.4, 0.5) is 0 Å². The maximum atomic E-state index is 13.9. The zero-order chi connectivity index (χ0) is 25.0. The average Bonchev–Trinajstić information content (AvgIpc) is 3.31. The lowest BCUT2D eigenvalue weighted by Crippen LogP contribution is -2.60. The van der Waals surface area contributed by atoms with E-state index in [1.54, 1.807) is 11.0 Å². The van der Waals surface area contributed by atoms with E-state index in [1.165, 1.54) is 0 Å². The second kappa shape index (κ2) is 11.1. The summed E-state index contributed by atoms with van der Waals surface area (Å²) < 4.78 is 11.6. The van der Waals surface area contributed by atoms with E-state index in [1.807, 2.05) is 29.2 Å². The molecule has 7 nitrogen and oxygen atoms in total. The largest absolute Gasteiger partial charge is 0.376 e. The third kappa shape index (κ3) is 6.07. The first-order chi connectivity index (χ1) is 16.8. The fourth-order valence-corrected chi connectivity index (χ4v) is 5.35. The number of rotatable bonds is 8. The Bertz CT molecular complexity index is 1020. The van der Waals surface area contributed by atoms with Gasteiger partial charge in [-0.3, -0.25) is 9.59 Å². The minimum atomic E-state index is -0.660. The predicted molar refractivity (Wildman–Crippen MR) is 134 cm³/mol. The second-order valence-corrected chi connectivity index (χ2v) is 10.8. The minimum absolute atomic E-state index is 0.0705. The summed E-state index contributed by atoms with van der Waals surface area (Å²) in [5.41, 5.74) is 1.15. The number of benzene rings is 1. The summed E-state index contributed by atoms with van der Waals surface area (Å²) in [6.07, 6.45) is 3.76. The van der Waals surface area contributed by atoms with Gasteiger partial charge in [-0.15, -0.1) is 0 Å².